The van der Waals surface area contributed by atoms with Crippen LogP contribution in [-0.2, 0) is 11.2 Å². The molecule has 3 heteroatoms. The first-order valence-corrected chi connectivity index (χ1v) is 9.48. The predicted octanol–water partition coefficient (Wildman–Crippen LogP) is 4.15. The molecule has 1 amide bonds. The molecular weight excluding hydrogens is 298 g/mol. The minimum absolute atomic E-state index is 0.0174. The van der Waals surface area contributed by atoms with E-state index in [1.165, 1.54) is 31.2 Å². The number of ketones is 1. The molecule has 2 bridgehead atoms. The van der Waals surface area contributed by atoms with Crippen molar-refractivity contribution in [3.8, 4) is 0 Å². The van der Waals surface area contributed by atoms with Gasteiger partial charge < -0.3 is 5.32 Å². The van der Waals surface area contributed by atoms with Gasteiger partial charge in [0.25, 0.3) is 0 Å². The monoisotopic (exact) mass is 327 g/mol. The van der Waals surface area contributed by atoms with Crippen molar-refractivity contribution in [3.63, 3.8) is 0 Å². The Morgan fingerprint density at radius 3 is 2.46 bits per heavy atom. The Morgan fingerprint density at radius 1 is 1.12 bits per heavy atom. The molecule has 0 spiro atoms. The number of nitrogens with one attached hydrogen (secondary N) is 1. The molecule has 0 heterocycles. The molecule has 1 N–H and O–H groups in total. The van der Waals surface area contributed by atoms with E-state index < -0.39 is 0 Å². The topological polar surface area (TPSA) is 46.2 Å². The molecule has 130 valence electrons. The van der Waals surface area contributed by atoms with Crippen LogP contribution in [0.1, 0.15) is 68.3 Å². The Balaban J connectivity index is 1.44. The number of rotatable bonds is 7. The van der Waals surface area contributed by atoms with E-state index >= 15 is 0 Å². The van der Waals surface area contributed by atoms with Gasteiger partial charge in [-0.05, 0) is 55.9 Å². The van der Waals surface area contributed by atoms with Crippen LogP contribution in [0.25, 0.3) is 0 Å². The molecule has 0 radical (unpaired) electrons. The van der Waals surface area contributed by atoms with E-state index in [-0.39, 0.29) is 17.7 Å². The fourth-order valence-corrected chi connectivity index (χ4v) is 4.64. The van der Waals surface area contributed by atoms with Gasteiger partial charge in [-0.1, -0.05) is 37.6 Å². The number of carbonyl (C=O) groups excluding carboxylic acids is 2. The molecule has 3 nitrogen and oxygen atoms in total. The highest BCUT2D eigenvalue weighted by molar-refractivity contribution is 5.98. The normalized spacial score (nSPS) is 26.3. The highest BCUT2D eigenvalue weighted by Crippen LogP contribution is 2.49. The van der Waals surface area contributed by atoms with Gasteiger partial charge in [0.2, 0.25) is 5.91 Å². The summed E-state index contributed by atoms with van der Waals surface area (Å²) in [6, 6.07) is 7.97. The molecule has 1 aromatic carbocycles. The minimum Gasteiger partial charge on any atom is -0.353 e. The van der Waals surface area contributed by atoms with E-state index in [2.05, 4.69) is 19.2 Å². The van der Waals surface area contributed by atoms with Gasteiger partial charge >= 0.3 is 0 Å². The number of hydrogen-bond acceptors (Lipinski definition) is 2. The van der Waals surface area contributed by atoms with Crippen molar-refractivity contribution < 1.29 is 9.59 Å². The van der Waals surface area contributed by atoms with Crippen molar-refractivity contribution >= 4 is 11.7 Å². The zero-order chi connectivity index (χ0) is 17.1. The maximum absolute atomic E-state index is 12.2. The minimum atomic E-state index is 0.0174. The van der Waals surface area contributed by atoms with Gasteiger partial charge in [0, 0.05) is 24.4 Å². The highest BCUT2D eigenvalue weighted by atomic mass is 16.2. The Kier molecular flexibility index (Phi) is 5.37. The molecule has 24 heavy (non-hydrogen) atoms. The van der Waals surface area contributed by atoms with Crippen LogP contribution in [0, 0.1) is 17.8 Å². The quantitative estimate of drug-likeness (QED) is 0.765. The Morgan fingerprint density at radius 2 is 1.88 bits per heavy atom. The predicted molar refractivity (Wildman–Crippen MR) is 95.9 cm³/mol. The van der Waals surface area contributed by atoms with E-state index in [1.807, 2.05) is 24.3 Å². The lowest BCUT2D eigenvalue weighted by molar-refractivity contribution is -0.122. The number of hydrogen-bond donors (Lipinski definition) is 1. The second kappa shape index (κ2) is 7.50. The Hall–Kier alpha value is -1.64. The molecular formula is C21H29NO2. The summed E-state index contributed by atoms with van der Waals surface area (Å²) in [6.07, 6.45) is 6.90. The fourth-order valence-electron chi connectivity index (χ4n) is 4.64. The first-order valence-electron chi connectivity index (χ1n) is 9.48. The third-order valence-electron chi connectivity index (χ3n) is 6.09. The van der Waals surface area contributed by atoms with Crippen LogP contribution in [0.15, 0.2) is 24.3 Å². The van der Waals surface area contributed by atoms with Crippen LogP contribution in [0.4, 0.5) is 0 Å². The van der Waals surface area contributed by atoms with Crippen molar-refractivity contribution in [1.82, 2.24) is 5.32 Å². The SMILES string of the molecule is CCc1ccc(C(=O)CCC(=O)NC(C)C2CC3CCC2C3)cc1. The summed E-state index contributed by atoms with van der Waals surface area (Å²) in [5, 5.41) is 3.14. The van der Waals surface area contributed by atoms with Crippen LogP contribution in [0.2, 0.25) is 0 Å². The lowest BCUT2D eigenvalue weighted by Crippen LogP contribution is -2.40. The van der Waals surface area contributed by atoms with Crippen molar-refractivity contribution in [2.75, 3.05) is 0 Å². The smallest absolute Gasteiger partial charge is 0.220 e. The summed E-state index contributed by atoms with van der Waals surface area (Å²) in [7, 11) is 0. The number of aryl methyl sites for hydroxylation is 1. The third kappa shape index (κ3) is 3.88. The van der Waals surface area contributed by atoms with Gasteiger partial charge in [-0.3, -0.25) is 9.59 Å². The summed E-state index contributed by atoms with van der Waals surface area (Å²) in [6.45, 7) is 4.23. The van der Waals surface area contributed by atoms with Crippen molar-refractivity contribution in [2.45, 2.75) is 64.8 Å². The van der Waals surface area contributed by atoms with E-state index in [0.717, 1.165) is 18.3 Å². The van der Waals surface area contributed by atoms with E-state index in [4.69, 9.17) is 0 Å². The molecule has 2 saturated carbocycles. The van der Waals surface area contributed by atoms with Gasteiger partial charge in [-0.25, -0.2) is 0 Å². The number of Topliss-reactive ketones (excluding diaryl/α,β-unsaturated/α-hetero) is 1. The van der Waals surface area contributed by atoms with E-state index in [9.17, 15) is 9.59 Å². The fraction of sp³-hybridized carbons (Fsp3) is 0.619. The van der Waals surface area contributed by atoms with Gasteiger partial charge in [-0.2, -0.15) is 0 Å². The van der Waals surface area contributed by atoms with Crippen molar-refractivity contribution in [2.24, 2.45) is 17.8 Å². The maximum Gasteiger partial charge on any atom is 0.220 e. The molecule has 0 aromatic heterocycles. The average Bonchev–Trinajstić information content (AvgIpc) is 3.23. The first-order chi connectivity index (χ1) is 11.6. The van der Waals surface area contributed by atoms with Gasteiger partial charge in [0.1, 0.15) is 0 Å². The molecule has 1 aromatic rings. The maximum atomic E-state index is 12.2. The van der Waals surface area contributed by atoms with Gasteiger partial charge in [0.05, 0.1) is 0 Å². The molecule has 2 fully saturated rings. The van der Waals surface area contributed by atoms with Crippen LogP contribution >= 0.6 is 0 Å². The lowest BCUT2D eigenvalue weighted by atomic mass is 9.84. The Labute approximate surface area is 145 Å². The summed E-state index contributed by atoms with van der Waals surface area (Å²) in [4.78, 5) is 24.4. The highest BCUT2D eigenvalue weighted by Gasteiger charge is 2.42. The van der Waals surface area contributed by atoms with Gasteiger partial charge in [0.15, 0.2) is 5.78 Å². The standard InChI is InChI=1S/C21H29NO2/c1-3-15-4-7-17(8-5-15)20(23)10-11-21(24)22-14(2)19-13-16-6-9-18(19)12-16/h4-5,7-8,14,16,18-19H,3,6,9-13H2,1-2H3,(H,22,24). The van der Waals surface area contributed by atoms with Crippen LogP contribution in [-0.4, -0.2) is 17.7 Å². The summed E-state index contributed by atoms with van der Waals surface area (Å²) in [5.74, 6) is 2.42. The molecule has 3 rings (SSSR count). The van der Waals surface area contributed by atoms with Crippen LogP contribution < -0.4 is 5.32 Å². The van der Waals surface area contributed by atoms with Crippen LogP contribution in [0.5, 0.6) is 0 Å². The van der Waals surface area contributed by atoms with Gasteiger partial charge in [-0.15, -0.1) is 0 Å². The first kappa shape index (κ1) is 17.2. The summed E-state index contributed by atoms with van der Waals surface area (Å²) >= 11 is 0. The number of fused-ring (bicyclic) bond motifs is 2. The molecule has 4 unspecified atom stereocenters. The molecule has 4 atom stereocenters. The zero-order valence-electron chi connectivity index (χ0n) is 14.9. The molecule has 0 aliphatic heterocycles. The largest absolute Gasteiger partial charge is 0.353 e. The lowest BCUT2D eigenvalue weighted by Gasteiger charge is -2.28. The second-order valence-corrected chi connectivity index (χ2v) is 7.67. The zero-order valence-corrected chi connectivity index (χ0v) is 14.9. The number of amides is 1. The van der Waals surface area contributed by atoms with E-state index in [0.29, 0.717) is 24.3 Å². The Bertz CT molecular complexity index is 592. The number of carbonyl (C=O) groups is 2. The second-order valence-electron chi connectivity index (χ2n) is 7.67. The molecule has 2 aliphatic carbocycles. The summed E-state index contributed by atoms with van der Waals surface area (Å²) < 4.78 is 0. The summed E-state index contributed by atoms with van der Waals surface area (Å²) in [5.41, 5.74) is 1.94. The molecule has 0 saturated heterocycles. The molecule has 2 aliphatic rings. The van der Waals surface area contributed by atoms with E-state index in [1.54, 1.807) is 0 Å². The van der Waals surface area contributed by atoms with Crippen LogP contribution in [0.3, 0.4) is 0 Å². The number of benzene rings is 1. The van der Waals surface area contributed by atoms with Crippen molar-refractivity contribution in [1.29, 1.82) is 0 Å². The third-order valence-corrected chi connectivity index (χ3v) is 6.09. The van der Waals surface area contributed by atoms with Crippen molar-refractivity contribution in [3.05, 3.63) is 35.4 Å². The average molecular weight is 327 g/mol.